The number of carbonyl (C=O) groups excluding carboxylic acids is 3. The van der Waals surface area contributed by atoms with E-state index in [1.54, 1.807) is 30.3 Å². The molecule has 5 rings (SSSR count). The van der Waals surface area contributed by atoms with E-state index >= 15 is 8.78 Å². The van der Waals surface area contributed by atoms with Crippen molar-refractivity contribution in [3.05, 3.63) is 138 Å². The number of esters is 3. The molecular formula is C33H26F2O10S. The Labute approximate surface area is 262 Å². The van der Waals surface area contributed by atoms with Crippen molar-refractivity contribution in [2.45, 2.75) is 34.2 Å². The van der Waals surface area contributed by atoms with Crippen molar-refractivity contribution in [3.8, 4) is 0 Å². The van der Waals surface area contributed by atoms with Gasteiger partial charge in [0.1, 0.15) is 12.7 Å². The Morgan fingerprint density at radius 1 is 0.696 bits per heavy atom. The summed E-state index contributed by atoms with van der Waals surface area (Å²) >= 11 is 0. The highest BCUT2D eigenvalue weighted by molar-refractivity contribution is 7.92. The van der Waals surface area contributed by atoms with Crippen LogP contribution in [0, 0.1) is 0 Å². The summed E-state index contributed by atoms with van der Waals surface area (Å²) in [5.41, 5.74) is -4.30. The van der Waals surface area contributed by atoms with Gasteiger partial charge in [0.15, 0.2) is 6.10 Å². The molecule has 0 aliphatic carbocycles. The van der Waals surface area contributed by atoms with Crippen molar-refractivity contribution in [2.75, 3.05) is 6.61 Å². The molecule has 10 nitrogen and oxygen atoms in total. The molecular weight excluding hydrogens is 626 g/mol. The molecule has 4 aromatic rings. The predicted octanol–water partition coefficient (Wildman–Crippen LogP) is 4.45. The minimum atomic E-state index is -5.80. The molecule has 0 radical (unpaired) electrons. The van der Waals surface area contributed by atoms with Crippen molar-refractivity contribution in [3.63, 3.8) is 0 Å². The average Bonchev–Trinajstić information content (AvgIpc) is 3.35. The zero-order valence-corrected chi connectivity index (χ0v) is 24.6. The van der Waals surface area contributed by atoms with E-state index in [1.165, 1.54) is 78.9 Å². The molecule has 1 heterocycles. The van der Waals surface area contributed by atoms with Gasteiger partial charge in [-0.2, -0.15) is 8.78 Å². The number of alkyl halides is 2. The van der Waals surface area contributed by atoms with Gasteiger partial charge in [0, 0.05) is 0 Å². The molecule has 1 aliphatic heterocycles. The number of rotatable bonds is 10. The molecule has 0 spiro atoms. The second-order valence-electron chi connectivity index (χ2n) is 10.1. The average molecular weight is 653 g/mol. The van der Waals surface area contributed by atoms with Crippen molar-refractivity contribution in [1.29, 1.82) is 0 Å². The van der Waals surface area contributed by atoms with Gasteiger partial charge in [0.25, 0.3) is 0 Å². The van der Waals surface area contributed by atoms with E-state index in [9.17, 15) is 27.9 Å². The maximum absolute atomic E-state index is 16.6. The Kier molecular flexibility index (Phi) is 9.28. The fraction of sp³-hybridized carbons (Fsp3) is 0.182. The third kappa shape index (κ3) is 6.12. The highest BCUT2D eigenvalue weighted by Crippen LogP contribution is 2.49. The van der Waals surface area contributed by atoms with Gasteiger partial charge in [-0.15, -0.1) is 0 Å². The second kappa shape index (κ2) is 13.2. The number of hydrogen-bond donors (Lipinski definition) is 1. The monoisotopic (exact) mass is 652 g/mol. The molecule has 1 fully saturated rings. The summed E-state index contributed by atoms with van der Waals surface area (Å²) in [7, 11) is -5.80. The molecule has 4 atom stereocenters. The van der Waals surface area contributed by atoms with Gasteiger partial charge in [0.2, 0.25) is 21.7 Å². The van der Waals surface area contributed by atoms with Crippen LogP contribution in [-0.4, -0.2) is 67.4 Å². The maximum atomic E-state index is 16.6. The van der Waals surface area contributed by atoms with E-state index in [1.807, 2.05) is 0 Å². The van der Waals surface area contributed by atoms with E-state index in [0.717, 1.165) is 12.1 Å². The van der Waals surface area contributed by atoms with Gasteiger partial charge in [-0.05, 0) is 48.5 Å². The Morgan fingerprint density at radius 2 is 1.11 bits per heavy atom. The van der Waals surface area contributed by atoms with Gasteiger partial charge in [-0.25, -0.2) is 22.8 Å². The summed E-state index contributed by atoms with van der Waals surface area (Å²) in [6, 6.07) is 27.1. The van der Waals surface area contributed by atoms with Crippen molar-refractivity contribution >= 4 is 27.7 Å². The minimum Gasteiger partial charge on any atom is -0.459 e. The van der Waals surface area contributed by atoms with Gasteiger partial charge in [0.05, 0.1) is 21.6 Å². The molecule has 1 aliphatic rings. The third-order valence-corrected chi connectivity index (χ3v) is 9.04. The Morgan fingerprint density at radius 3 is 1.59 bits per heavy atom. The van der Waals surface area contributed by atoms with Crippen LogP contribution in [0.1, 0.15) is 31.1 Å². The zero-order chi connectivity index (χ0) is 33.0. The first-order valence-electron chi connectivity index (χ1n) is 13.8. The maximum Gasteiger partial charge on any atom is 0.387 e. The highest BCUT2D eigenvalue weighted by Gasteiger charge is 2.77. The Balaban J connectivity index is 1.59. The molecule has 0 unspecified atom stereocenters. The lowest BCUT2D eigenvalue weighted by Gasteiger charge is -2.37. The first kappa shape index (κ1) is 32.4. The van der Waals surface area contributed by atoms with Crippen LogP contribution in [0.25, 0.3) is 0 Å². The van der Waals surface area contributed by atoms with Gasteiger partial charge in [-0.3, -0.25) is 0 Å². The summed E-state index contributed by atoms with van der Waals surface area (Å²) in [5.74, 6) is -3.46. The predicted molar refractivity (Wildman–Crippen MR) is 156 cm³/mol. The Bertz CT molecular complexity index is 1790. The molecule has 0 saturated carbocycles. The molecule has 1 saturated heterocycles. The van der Waals surface area contributed by atoms with Crippen molar-refractivity contribution < 1.29 is 55.6 Å². The number of hydrogen-bond acceptors (Lipinski definition) is 10. The largest absolute Gasteiger partial charge is 0.459 e. The van der Waals surface area contributed by atoms with Crippen molar-refractivity contribution in [2.24, 2.45) is 0 Å². The Hall–Kier alpha value is -4.98. The lowest BCUT2D eigenvalue weighted by atomic mass is 9.94. The van der Waals surface area contributed by atoms with E-state index in [0.29, 0.717) is 0 Å². The van der Waals surface area contributed by atoms with Crippen LogP contribution in [0.3, 0.4) is 0 Å². The highest BCUT2D eigenvalue weighted by atomic mass is 32.2. The molecule has 46 heavy (non-hydrogen) atoms. The van der Waals surface area contributed by atoms with E-state index in [2.05, 4.69) is 0 Å². The van der Waals surface area contributed by atoms with Crippen LogP contribution in [0.15, 0.2) is 126 Å². The standard InChI is InChI=1S/C33H26F2O10S/c34-33(35,46(40,41)25-19-11-4-12-20-25)32(39)27(44-29(37)23-15-7-2-8-16-23)26(21-42-28(36)22-13-5-1-6-14-22)43-31(32)45-30(38)24-17-9-3-10-18-24/h1-20,26-27,31,39H,21H2/t26-,27-,31-,32-/m1/s1. The van der Waals surface area contributed by atoms with Gasteiger partial charge >= 0.3 is 23.2 Å². The summed E-state index contributed by atoms with van der Waals surface area (Å²) in [5, 5.41) is 6.70. The number of sulfone groups is 1. The first-order chi connectivity index (χ1) is 22.0. The molecule has 238 valence electrons. The van der Waals surface area contributed by atoms with Crippen LogP contribution < -0.4 is 0 Å². The molecule has 13 heteroatoms. The fourth-order valence-electron chi connectivity index (χ4n) is 4.74. The summed E-state index contributed by atoms with van der Waals surface area (Å²) in [6.45, 7) is -0.927. The van der Waals surface area contributed by atoms with E-state index in [4.69, 9.17) is 18.9 Å². The number of aliphatic hydroxyl groups is 1. The van der Waals surface area contributed by atoms with Crippen LogP contribution in [0.2, 0.25) is 0 Å². The first-order valence-corrected chi connectivity index (χ1v) is 15.2. The smallest absolute Gasteiger partial charge is 0.387 e. The van der Waals surface area contributed by atoms with Crippen LogP contribution in [-0.2, 0) is 28.8 Å². The summed E-state index contributed by atoms with van der Waals surface area (Å²) < 4.78 is 81.5. The lowest BCUT2D eigenvalue weighted by molar-refractivity contribution is -0.240. The number of benzene rings is 4. The van der Waals surface area contributed by atoms with Crippen LogP contribution >= 0.6 is 0 Å². The minimum absolute atomic E-state index is 0.0672. The van der Waals surface area contributed by atoms with E-state index in [-0.39, 0.29) is 16.7 Å². The van der Waals surface area contributed by atoms with Crippen LogP contribution in [0.4, 0.5) is 8.78 Å². The number of ether oxygens (including phenoxy) is 4. The molecule has 0 bridgehead atoms. The second-order valence-corrected chi connectivity index (χ2v) is 12.1. The number of carbonyl (C=O) groups is 3. The van der Waals surface area contributed by atoms with Crippen molar-refractivity contribution in [1.82, 2.24) is 0 Å². The normalized spacial score (nSPS) is 21.2. The summed E-state index contributed by atoms with van der Waals surface area (Å²) in [6.07, 6.45) is -7.26. The van der Waals surface area contributed by atoms with Gasteiger partial charge in [-0.1, -0.05) is 72.8 Å². The zero-order valence-electron chi connectivity index (χ0n) is 23.8. The van der Waals surface area contributed by atoms with E-state index < -0.39 is 68.6 Å². The molecule has 4 aromatic carbocycles. The fourth-order valence-corrected chi connectivity index (χ4v) is 6.19. The number of halogens is 2. The molecule has 0 aromatic heterocycles. The lowest BCUT2D eigenvalue weighted by Crippen LogP contribution is -2.65. The molecule has 0 amide bonds. The van der Waals surface area contributed by atoms with Gasteiger partial charge < -0.3 is 24.1 Å². The third-order valence-electron chi connectivity index (χ3n) is 7.14. The van der Waals surface area contributed by atoms with Crippen LogP contribution in [0.5, 0.6) is 0 Å². The SMILES string of the molecule is O=C(OC[C@H]1O[C@H](OC(=O)c2ccccc2)[C@@](O)(C(F)(F)S(=O)(=O)c2ccccc2)[C@@H]1OC(=O)c1ccccc1)c1ccccc1. The topological polar surface area (TPSA) is 142 Å². The molecule has 1 N–H and O–H groups in total. The quantitative estimate of drug-likeness (QED) is 0.193. The summed E-state index contributed by atoms with van der Waals surface area (Å²) in [4.78, 5) is 38.1.